The molecule has 5 heteroatoms. The van der Waals surface area contributed by atoms with Gasteiger partial charge >= 0.3 is 0 Å². The van der Waals surface area contributed by atoms with E-state index in [0.717, 1.165) is 48.3 Å². The fraction of sp³-hybridized carbons (Fsp3) is 0.480. The molecule has 1 fully saturated rings. The Morgan fingerprint density at radius 3 is 2.33 bits per heavy atom. The Labute approximate surface area is 180 Å². The molecular formula is C25H33N3O2. The van der Waals surface area contributed by atoms with Gasteiger partial charge in [-0.1, -0.05) is 20.8 Å². The second kappa shape index (κ2) is 8.21. The number of rotatable bonds is 4. The van der Waals surface area contributed by atoms with Gasteiger partial charge in [-0.2, -0.15) is 0 Å². The van der Waals surface area contributed by atoms with E-state index in [0.29, 0.717) is 0 Å². The van der Waals surface area contributed by atoms with Gasteiger partial charge in [0.15, 0.2) is 11.5 Å². The fourth-order valence-corrected chi connectivity index (χ4v) is 4.21. The summed E-state index contributed by atoms with van der Waals surface area (Å²) in [6, 6.07) is 8.34. The van der Waals surface area contributed by atoms with E-state index >= 15 is 0 Å². The third-order valence-electron chi connectivity index (χ3n) is 6.02. The van der Waals surface area contributed by atoms with E-state index in [4.69, 9.17) is 14.5 Å². The molecular weight excluding hydrogens is 374 g/mol. The summed E-state index contributed by atoms with van der Waals surface area (Å²) >= 11 is 0. The van der Waals surface area contributed by atoms with Crippen molar-refractivity contribution in [3.63, 3.8) is 0 Å². The van der Waals surface area contributed by atoms with Crippen molar-refractivity contribution in [2.45, 2.75) is 52.0 Å². The molecule has 0 unspecified atom stereocenters. The molecule has 1 aromatic carbocycles. The van der Waals surface area contributed by atoms with E-state index < -0.39 is 0 Å². The van der Waals surface area contributed by atoms with Gasteiger partial charge in [0.1, 0.15) is 5.82 Å². The predicted octanol–water partition coefficient (Wildman–Crippen LogP) is 5.38. The third-order valence-corrected chi connectivity index (χ3v) is 6.02. The zero-order valence-corrected chi connectivity index (χ0v) is 18.9. The molecule has 1 saturated heterocycles. The molecule has 30 heavy (non-hydrogen) atoms. The first-order valence-electron chi connectivity index (χ1n) is 10.9. The largest absolute Gasteiger partial charge is 0.493 e. The number of fused-ring (bicyclic) bond motifs is 1. The van der Waals surface area contributed by atoms with Crippen molar-refractivity contribution < 1.29 is 9.47 Å². The Morgan fingerprint density at radius 1 is 0.933 bits per heavy atom. The van der Waals surface area contributed by atoms with Gasteiger partial charge in [0.25, 0.3) is 0 Å². The molecule has 0 bridgehead atoms. The first-order chi connectivity index (χ1) is 14.4. The summed E-state index contributed by atoms with van der Waals surface area (Å²) in [5.41, 5.74) is 4.85. The zero-order chi connectivity index (χ0) is 21.3. The van der Waals surface area contributed by atoms with Gasteiger partial charge in [0, 0.05) is 47.7 Å². The first-order valence-corrected chi connectivity index (χ1v) is 10.9. The smallest absolute Gasteiger partial charge is 0.162 e. The molecule has 2 aliphatic rings. The summed E-state index contributed by atoms with van der Waals surface area (Å²) in [5.74, 6) is 2.65. The molecule has 0 aliphatic carbocycles. The molecule has 5 nitrogen and oxygen atoms in total. The van der Waals surface area contributed by atoms with Gasteiger partial charge in [-0.25, -0.2) is 4.98 Å². The number of methoxy groups -OCH3 is 2. The van der Waals surface area contributed by atoms with E-state index in [1.165, 1.54) is 30.4 Å². The summed E-state index contributed by atoms with van der Waals surface area (Å²) < 4.78 is 10.9. The Hall–Kier alpha value is -2.69. The van der Waals surface area contributed by atoms with Crippen LogP contribution in [0.3, 0.4) is 0 Å². The first kappa shape index (κ1) is 20.6. The highest BCUT2D eigenvalue weighted by Crippen LogP contribution is 2.37. The number of hydrogen-bond donors (Lipinski definition) is 0. The minimum atomic E-state index is 0.0217. The molecule has 0 amide bonds. The highest BCUT2D eigenvalue weighted by molar-refractivity contribution is 5.71. The van der Waals surface area contributed by atoms with Crippen LogP contribution in [0.4, 0.5) is 11.5 Å². The summed E-state index contributed by atoms with van der Waals surface area (Å²) in [4.78, 5) is 9.94. The third kappa shape index (κ3) is 3.98. The molecule has 3 heterocycles. The average molecular weight is 408 g/mol. The van der Waals surface area contributed by atoms with Gasteiger partial charge in [0.05, 0.1) is 20.8 Å². The molecule has 0 N–H and O–H groups in total. The van der Waals surface area contributed by atoms with Crippen LogP contribution in [0.2, 0.25) is 0 Å². The Morgan fingerprint density at radius 2 is 1.67 bits per heavy atom. The van der Waals surface area contributed by atoms with Crippen LogP contribution >= 0.6 is 0 Å². The second-order valence-electron chi connectivity index (χ2n) is 9.18. The van der Waals surface area contributed by atoms with E-state index in [1.54, 1.807) is 14.2 Å². The van der Waals surface area contributed by atoms with Crippen LogP contribution in [-0.2, 0) is 12.0 Å². The number of aromatic nitrogens is 1. The molecule has 160 valence electrons. The topological polar surface area (TPSA) is 37.8 Å². The van der Waals surface area contributed by atoms with Crippen LogP contribution in [0.15, 0.2) is 30.5 Å². The van der Waals surface area contributed by atoms with Crippen LogP contribution in [-0.4, -0.2) is 32.3 Å². The number of hydrogen-bond acceptors (Lipinski definition) is 5. The lowest BCUT2D eigenvalue weighted by molar-refractivity contribution is 0.355. The summed E-state index contributed by atoms with van der Waals surface area (Å²) in [5, 5.41) is 0. The van der Waals surface area contributed by atoms with Crippen LogP contribution in [0.5, 0.6) is 11.5 Å². The Bertz CT molecular complexity index is 940. The molecule has 0 radical (unpaired) electrons. The summed E-state index contributed by atoms with van der Waals surface area (Å²) in [6.45, 7) is 9.70. The minimum Gasteiger partial charge on any atom is -0.493 e. The van der Waals surface area contributed by atoms with E-state index in [1.807, 2.05) is 12.1 Å². The maximum absolute atomic E-state index is 5.51. The van der Waals surface area contributed by atoms with Crippen LogP contribution < -0.4 is 19.3 Å². The van der Waals surface area contributed by atoms with Crippen molar-refractivity contribution in [1.82, 2.24) is 4.98 Å². The SMILES string of the molecule is COc1ccc(N2C=Cc3cc(C(C)(C)C)nc(N4CCCCC4)c3C2)cc1OC. The standard InChI is InChI=1S/C25H33N3O2/c1-25(2,3)23-15-18-11-14-28(19-9-10-21(29-4)22(16-19)30-5)17-20(18)24(26-23)27-12-7-6-8-13-27/h9-11,14-16H,6-8,12-13,17H2,1-5H3. The normalized spacial score (nSPS) is 16.4. The van der Waals surface area contributed by atoms with Crippen molar-refractivity contribution in [1.29, 1.82) is 0 Å². The summed E-state index contributed by atoms with van der Waals surface area (Å²) in [7, 11) is 3.34. The van der Waals surface area contributed by atoms with Crippen molar-refractivity contribution in [2.75, 3.05) is 37.1 Å². The lowest BCUT2D eigenvalue weighted by atomic mass is 9.89. The Balaban J connectivity index is 1.74. The number of anilines is 2. The van der Waals surface area contributed by atoms with E-state index in [-0.39, 0.29) is 5.41 Å². The highest BCUT2D eigenvalue weighted by Gasteiger charge is 2.26. The Kier molecular flexibility index (Phi) is 5.63. The maximum Gasteiger partial charge on any atom is 0.162 e. The van der Waals surface area contributed by atoms with Gasteiger partial charge in [-0.3, -0.25) is 0 Å². The molecule has 0 saturated carbocycles. The second-order valence-corrected chi connectivity index (χ2v) is 9.18. The summed E-state index contributed by atoms with van der Waals surface area (Å²) in [6.07, 6.45) is 8.18. The minimum absolute atomic E-state index is 0.0217. The van der Waals surface area contributed by atoms with E-state index in [9.17, 15) is 0 Å². The van der Waals surface area contributed by atoms with Crippen LogP contribution in [0.25, 0.3) is 6.08 Å². The molecule has 0 atom stereocenters. The highest BCUT2D eigenvalue weighted by atomic mass is 16.5. The van der Waals surface area contributed by atoms with Crippen LogP contribution in [0, 0.1) is 0 Å². The van der Waals surface area contributed by atoms with Crippen molar-refractivity contribution >= 4 is 17.6 Å². The molecule has 2 aliphatic heterocycles. The average Bonchev–Trinajstić information content (AvgIpc) is 2.77. The molecule has 2 aromatic rings. The van der Waals surface area contributed by atoms with E-state index in [2.05, 4.69) is 55.0 Å². The van der Waals surface area contributed by atoms with Gasteiger partial charge in [0.2, 0.25) is 0 Å². The number of pyridine rings is 1. The monoisotopic (exact) mass is 407 g/mol. The maximum atomic E-state index is 5.51. The van der Waals surface area contributed by atoms with Crippen molar-refractivity contribution in [2.24, 2.45) is 0 Å². The fourth-order valence-electron chi connectivity index (χ4n) is 4.21. The van der Waals surface area contributed by atoms with Gasteiger partial charge in [-0.15, -0.1) is 0 Å². The van der Waals surface area contributed by atoms with Crippen LogP contribution in [0.1, 0.15) is 56.9 Å². The lowest BCUT2D eigenvalue weighted by Crippen LogP contribution is -2.33. The quantitative estimate of drug-likeness (QED) is 0.680. The molecule has 4 rings (SSSR count). The predicted molar refractivity (Wildman–Crippen MR) is 124 cm³/mol. The zero-order valence-electron chi connectivity index (χ0n) is 18.9. The lowest BCUT2D eigenvalue weighted by Gasteiger charge is -2.35. The van der Waals surface area contributed by atoms with Gasteiger partial charge in [-0.05, 0) is 49.1 Å². The number of benzene rings is 1. The van der Waals surface area contributed by atoms with Crippen molar-refractivity contribution in [3.05, 3.63) is 47.3 Å². The number of piperidine rings is 1. The number of ether oxygens (including phenoxy) is 2. The van der Waals surface area contributed by atoms with Crippen molar-refractivity contribution in [3.8, 4) is 11.5 Å². The number of nitrogens with zero attached hydrogens (tertiary/aromatic N) is 3. The molecule has 1 aromatic heterocycles. The molecule has 0 spiro atoms. The van der Waals surface area contributed by atoms with Gasteiger partial charge < -0.3 is 19.3 Å².